The van der Waals surface area contributed by atoms with Crippen LogP contribution in [-0.2, 0) is 0 Å². The first-order chi connectivity index (χ1) is 11.1. The Labute approximate surface area is 133 Å². The molecular weight excluding hydrogens is 297 g/mol. The summed E-state index contributed by atoms with van der Waals surface area (Å²) in [7, 11) is 0. The molecule has 1 aromatic carbocycles. The molecule has 2 fully saturated rings. The largest absolute Gasteiger partial charge is 0.334 e. The Morgan fingerprint density at radius 2 is 2.13 bits per heavy atom. The molecule has 0 saturated carbocycles. The van der Waals surface area contributed by atoms with E-state index in [1.807, 2.05) is 4.90 Å². The van der Waals surface area contributed by atoms with E-state index >= 15 is 0 Å². The lowest BCUT2D eigenvalue weighted by molar-refractivity contribution is 0.0327. The summed E-state index contributed by atoms with van der Waals surface area (Å²) in [5.41, 5.74) is 0.795. The zero-order chi connectivity index (χ0) is 16.0. The van der Waals surface area contributed by atoms with Gasteiger partial charge >= 0.3 is 0 Å². The van der Waals surface area contributed by atoms with E-state index in [9.17, 15) is 9.18 Å². The van der Waals surface area contributed by atoms with Gasteiger partial charge in [-0.05, 0) is 44.0 Å². The van der Waals surface area contributed by atoms with Gasteiger partial charge in [0, 0.05) is 18.6 Å². The lowest BCUT2D eigenvalue weighted by atomic mass is 9.81. The van der Waals surface area contributed by atoms with Crippen LogP contribution in [0.1, 0.15) is 23.7 Å². The number of nitrogens with one attached hydrogen (secondary N) is 1. The summed E-state index contributed by atoms with van der Waals surface area (Å²) in [6.07, 6.45) is 4.04. The fourth-order valence-electron chi connectivity index (χ4n) is 3.50. The molecule has 1 aromatic heterocycles. The van der Waals surface area contributed by atoms with Crippen LogP contribution in [0.5, 0.6) is 0 Å². The van der Waals surface area contributed by atoms with Crippen molar-refractivity contribution in [1.82, 2.24) is 25.2 Å². The number of amides is 1. The topological polar surface area (TPSA) is 63.1 Å². The minimum atomic E-state index is -0.437. The molecule has 0 bridgehead atoms. The molecule has 0 unspecified atom stereocenters. The number of benzene rings is 1. The quantitative estimate of drug-likeness (QED) is 0.905. The molecular formula is C16H18FN5O. The molecule has 4 rings (SSSR count). The highest BCUT2D eigenvalue weighted by Crippen LogP contribution is 2.30. The lowest BCUT2D eigenvalue weighted by Crippen LogP contribution is -2.65. The Kier molecular flexibility index (Phi) is 3.37. The zero-order valence-electron chi connectivity index (χ0n) is 12.8. The summed E-state index contributed by atoms with van der Waals surface area (Å²) >= 11 is 0. The second-order valence-electron chi connectivity index (χ2n) is 6.30. The summed E-state index contributed by atoms with van der Waals surface area (Å²) in [5, 5.41) is 11.5. The molecule has 6 nitrogen and oxygen atoms in total. The van der Waals surface area contributed by atoms with Crippen molar-refractivity contribution in [1.29, 1.82) is 0 Å². The molecule has 2 aliphatic heterocycles. The normalized spacial score (nSPS) is 26.5. The number of carbonyl (C=O) groups excluding carboxylic acids is 1. The first-order valence-electron chi connectivity index (χ1n) is 7.84. The van der Waals surface area contributed by atoms with Crippen molar-refractivity contribution >= 4 is 5.91 Å². The fraction of sp³-hybridized carbons (Fsp3) is 0.438. The van der Waals surface area contributed by atoms with Crippen molar-refractivity contribution in [2.24, 2.45) is 5.92 Å². The van der Waals surface area contributed by atoms with Gasteiger partial charge in [-0.3, -0.25) is 4.79 Å². The molecule has 2 aromatic rings. The maximum Gasteiger partial charge on any atom is 0.256 e. The number of halogens is 1. The number of nitrogens with zero attached hydrogens (tertiary/aromatic N) is 4. The number of hydrogen-bond acceptors (Lipinski definition) is 4. The summed E-state index contributed by atoms with van der Waals surface area (Å²) in [6.45, 7) is 3.74. The molecule has 0 spiro atoms. The molecule has 2 saturated heterocycles. The summed E-state index contributed by atoms with van der Waals surface area (Å²) < 4.78 is 13.7. The number of carbonyl (C=O) groups is 1. The third kappa shape index (κ3) is 2.41. The van der Waals surface area contributed by atoms with Crippen LogP contribution >= 0.6 is 0 Å². The number of fused-ring (bicyclic) bond motifs is 1. The first kappa shape index (κ1) is 14.3. The third-order valence-corrected chi connectivity index (χ3v) is 4.86. The third-order valence-electron chi connectivity index (χ3n) is 4.86. The Bertz CT molecular complexity index is 732. The maximum atomic E-state index is 13.7. The van der Waals surface area contributed by atoms with Gasteiger partial charge in [0.2, 0.25) is 0 Å². The van der Waals surface area contributed by atoms with Gasteiger partial charge in [0.15, 0.2) is 0 Å². The molecule has 3 atom stereocenters. The van der Waals surface area contributed by atoms with Crippen molar-refractivity contribution in [3.8, 4) is 5.69 Å². The van der Waals surface area contributed by atoms with Crippen LogP contribution in [0, 0.1) is 11.7 Å². The van der Waals surface area contributed by atoms with E-state index < -0.39 is 5.82 Å². The minimum Gasteiger partial charge on any atom is -0.334 e. The maximum absolute atomic E-state index is 13.7. The number of hydrogen-bond donors (Lipinski definition) is 1. The van der Waals surface area contributed by atoms with Crippen molar-refractivity contribution in [3.63, 3.8) is 0 Å². The fourth-order valence-corrected chi connectivity index (χ4v) is 3.50. The van der Waals surface area contributed by atoms with Gasteiger partial charge in [0.1, 0.15) is 5.82 Å². The van der Waals surface area contributed by atoms with Gasteiger partial charge in [0.25, 0.3) is 5.91 Å². The van der Waals surface area contributed by atoms with Crippen molar-refractivity contribution in [2.45, 2.75) is 25.4 Å². The highest BCUT2D eigenvalue weighted by atomic mass is 19.1. The Balaban J connectivity index is 1.69. The molecule has 0 radical (unpaired) electrons. The van der Waals surface area contributed by atoms with E-state index in [0.29, 0.717) is 29.8 Å². The van der Waals surface area contributed by atoms with Gasteiger partial charge in [-0.15, -0.1) is 0 Å². The molecule has 1 amide bonds. The Morgan fingerprint density at radius 3 is 2.83 bits per heavy atom. The van der Waals surface area contributed by atoms with Crippen LogP contribution in [0.2, 0.25) is 0 Å². The van der Waals surface area contributed by atoms with Gasteiger partial charge in [0.05, 0.1) is 23.6 Å². The molecule has 3 heterocycles. The van der Waals surface area contributed by atoms with Gasteiger partial charge in [-0.1, -0.05) is 0 Å². The van der Waals surface area contributed by atoms with Crippen LogP contribution in [0.3, 0.4) is 0 Å². The van der Waals surface area contributed by atoms with E-state index in [-0.39, 0.29) is 11.9 Å². The van der Waals surface area contributed by atoms with Crippen LogP contribution < -0.4 is 5.32 Å². The highest BCUT2D eigenvalue weighted by molar-refractivity contribution is 5.98. The van der Waals surface area contributed by atoms with E-state index in [4.69, 9.17) is 0 Å². The van der Waals surface area contributed by atoms with E-state index in [2.05, 4.69) is 22.4 Å². The first-order valence-corrected chi connectivity index (χ1v) is 7.84. The monoisotopic (exact) mass is 315 g/mol. The smallest absolute Gasteiger partial charge is 0.256 e. The molecule has 7 heteroatoms. The highest BCUT2D eigenvalue weighted by Gasteiger charge is 2.41. The van der Waals surface area contributed by atoms with Gasteiger partial charge in [-0.25, -0.2) is 4.39 Å². The predicted octanol–water partition coefficient (Wildman–Crippen LogP) is 1.23. The zero-order valence-corrected chi connectivity index (χ0v) is 12.8. The van der Waals surface area contributed by atoms with E-state index in [0.717, 1.165) is 13.0 Å². The van der Waals surface area contributed by atoms with Gasteiger partial charge in [-0.2, -0.15) is 15.0 Å². The molecule has 23 heavy (non-hydrogen) atoms. The average Bonchev–Trinajstić information content (AvgIpc) is 3.04. The van der Waals surface area contributed by atoms with Crippen molar-refractivity contribution in [3.05, 3.63) is 42.0 Å². The van der Waals surface area contributed by atoms with Crippen molar-refractivity contribution < 1.29 is 9.18 Å². The Morgan fingerprint density at radius 1 is 1.35 bits per heavy atom. The lowest BCUT2D eigenvalue weighted by Gasteiger charge is -2.49. The second-order valence-corrected chi connectivity index (χ2v) is 6.30. The number of aromatic nitrogens is 3. The second kappa shape index (κ2) is 5.42. The van der Waals surface area contributed by atoms with E-state index in [1.165, 1.54) is 29.3 Å². The Hall–Kier alpha value is -2.28. The number of rotatable bonds is 2. The van der Waals surface area contributed by atoms with Crippen molar-refractivity contribution in [2.75, 3.05) is 13.1 Å². The standard InChI is InChI=1S/C16H18FN5O/c1-10-6-11-8-18-14(11)9-21(10)16(23)13-7-12(17)2-3-15(13)22-19-4-5-20-22/h2-5,7,10-11,14,18H,6,8-9H2,1H3/t10-,11+,14+/m1/s1. The van der Waals surface area contributed by atoms with Crippen LogP contribution in [0.15, 0.2) is 30.6 Å². The average molecular weight is 315 g/mol. The summed E-state index contributed by atoms with van der Waals surface area (Å²) in [6, 6.07) is 4.64. The van der Waals surface area contributed by atoms with Gasteiger partial charge < -0.3 is 10.2 Å². The number of likely N-dealkylation sites (tertiary alicyclic amines) is 1. The van der Waals surface area contributed by atoms with Crippen LogP contribution in [0.4, 0.5) is 4.39 Å². The molecule has 1 N–H and O–H groups in total. The van der Waals surface area contributed by atoms with Crippen LogP contribution in [-0.4, -0.2) is 51.0 Å². The SMILES string of the molecule is C[C@@H]1C[C@H]2CN[C@H]2CN1C(=O)c1cc(F)ccc1-n1nccn1. The van der Waals surface area contributed by atoms with E-state index in [1.54, 1.807) is 6.07 Å². The predicted molar refractivity (Wildman–Crippen MR) is 81.7 cm³/mol. The summed E-state index contributed by atoms with van der Waals surface area (Å²) in [4.78, 5) is 16.2. The molecule has 2 aliphatic rings. The molecule has 0 aliphatic carbocycles. The van der Waals surface area contributed by atoms with Crippen LogP contribution in [0.25, 0.3) is 5.69 Å². The molecule has 120 valence electrons. The minimum absolute atomic E-state index is 0.146. The number of piperidine rings is 1. The summed E-state index contributed by atoms with van der Waals surface area (Å²) in [5.74, 6) is 0.0406.